The van der Waals surface area contributed by atoms with Gasteiger partial charge in [-0.25, -0.2) is 0 Å². The van der Waals surface area contributed by atoms with E-state index in [1.165, 1.54) is 0 Å². The summed E-state index contributed by atoms with van der Waals surface area (Å²) in [5.74, 6) is 2.42. The lowest BCUT2D eigenvalue weighted by Crippen LogP contribution is -2.43. The van der Waals surface area contributed by atoms with E-state index in [0.29, 0.717) is 12.5 Å². The second-order valence-electron chi connectivity index (χ2n) is 7.35. The largest absolute Gasteiger partial charge is 0.497 e. The molecule has 28 heavy (non-hydrogen) atoms. The highest BCUT2D eigenvalue weighted by Crippen LogP contribution is 2.28. The monoisotopic (exact) mass is 385 g/mol. The maximum absolute atomic E-state index is 12.5. The molecule has 0 unspecified atom stereocenters. The zero-order valence-corrected chi connectivity index (χ0v) is 17.6. The summed E-state index contributed by atoms with van der Waals surface area (Å²) in [5.41, 5.74) is 2.20. The van der Waals surface area contributed by atoms with Crippen LogP contribution in [0.1, 0.15) is 44.7 Å². The van der Waals surface area contributed by atoms with Crippen molar-refractivity contribution in [2.75, 3.05) is 13.7 Å². The molecule has 1 amide bonds. The van der Waals surface area contributed by atoms with Crippen LogP contribution in [-0.2, 0) is 4.79 Å². The van der Waals surface area contributed by atoms with Crippen LogP contribution in [0, 0.1) is 6.92 Å². The lowest BCUT2D eigenvalue weighted by atomic mass is 10.0. The first-order valence-corrected chi connectivity index (χ1v) is 9.64. The average molecular weight is 386 g/mol. The van der Waals surface area contributed by atoms with Crippen molar-refractivity contribution < 1.29 is 19.0 Å². The van der Waals surface area contributed by atoms with Crippen molar-refractivity contribution in [3.63, 3.8) is 0 Å². The molecule has 0 aliphatic carbocycles. The predicted molar refractivity (Wildman–Crippen MR) is 111 cm³/mol. The molecule has 0 aliphatic heterocycles. The van der Waals surface area contributed by atoms with E-state index in [1.54, 1.807) is 14.0 Å². The average Bonchev–Trinajstić information content (AvgIpc) is 2.66. The number of nitrogens with one attached hydrogen (secondary N) is 1. The number of hydrogen-bond acceptors (Lipinski definition) is 4. The molecule has 0 aliphatic rings. The van der Waals surface area contributed by atoms with Crippen molar-refractivity contribution in [3.05, 3.63) is 53.6 Å². The van der Waals surface area contributed by atoms with Crippen molar-refractivity contribution in [1.29, 1.82) is 0 Å². The summed E-state index contributed by atoms with van der Waals surface area (Å²) < 4.78 is 16.8. The highest BCUT2D eigenvalue weighted by molar-refractivity contribution is 5.81. The van der Waals surface area contributed by atoms with Crippen LogP contribution in [0.5, 0.6) is 17.2 Å². The maximum Gasteiger partial charge on any atom is 0.261 e. The zero-order chi connectivity index (χ0) is 20.7. The summed E-state index contributed by atoms with van der Waals surface area (Å²) in [4.78, 5) is 12.5. The lowest BCUT2D eigenvalue weighted by molar-refractivity contribution is -0.128. The summed E-state index contributed by atoms with van der Waals surface area (Å²) in [7, 11) is 1.62. The van der Waals surface area contributed by atoms with Crippen LogP contribution < -0.4 is 19.5 Å². The third-order valence-electron chi connectivity index (χ3n) is 4.41. The number of amides is 1. The number of benzene rings is 2. The Hall–Kier alpha value is -2.69. The van der Waals surface area contributed by atoms with E-state index in [9.17, 15) is 4.79 Å². The van der Waals surface area contributed by atoms with Gasteiger partial charge in [-0.15, -0.1) is 0 Å². The molecule has 2 aromatic carbocycles. The van der Waals surface area contributed by atoms with Gasteiger partial charge in [0, 0.05) is 0 Å². The summed E-state index contributed by atoms with van der Waals surface area (Å²) in [6, 6.07) is 13.3. The first-order valence-electron chi connectivity index (χ1n) is 9.64. The van der Waals surface area contributed by atoms with Crippen molar-refractivity contribution >= 4 is 5.91 Å². The lowest BCUT2D eigenvalue weighted by Gasteiger charge is -2.21. The summed E-state index contributed by atoms with van der Waals surface area (Å²) in [6.45, 7) is 10.3. The van der Waals surface area contributed by atoms with Crippen LogP contribution in [-0.4, -0.2) is 31.8 Å². The quantitative estimate of drug-likeness (QED) is 0.692. The van der Waals surface area contributed by atoms with E-state index < -0.39 is 6.10 Å². The Morgan fingerprint density at radius 2 is 1.64 bits per heavy atom. The van der Waals surface area contributed by atoms with E-state index in [4.69, 9.17) is 14.2 Å². The van der Waals surface area contributed by atoms with E-state index in [2.05, 4.69) is 31.3 Å². The van der Waals surface area contributed by atoms with Gasteiger partial charge in [0.15, 0.2) is 6.10 Å². The Morgan fingerprint density at radius 3 is 2.25 bits per heavy atom. The third-order valence-corrected chi connectivity index (χ3v) is 4.41. The second-order valence-corrected chi connectivity index (χ2v) is 7.35. The van der Waals surface area contributed by atoms with Crippen LogP contribution in [0.15, 0.2) is 42.5 Å². The van der Waals surface area contributed by atoms with Crippen molar-refractivity contribution in [3.8, 4) is 17.2 Å². The highest BCUT2D eigenvalue weighted by Gasteiger charge is 2.19. The molecular formula is C23H31NO4. The van der Waals surface area contributed by atoms with E-state index in [-0.39, 0.29) is 11.9 Å². The van der Waals surface area contributed by atoms with Gasteiger partial charge in [0.1, 0.15) is 23.9 Å². The van der Waals surface area contributed by atoms with Gasteiger partial charge in [-0.2, -0.15) is 0 Å². The van der Waals surface area contributed by atoms with Crippen LogP contribution in [0.3, 0.4) is 0 Å². The Balaban J connectivity index is 1.88. The summed E-state index contributed by atoms with van der Waals surface area (Å²) in [5, 5.41) is 2.94. The number of methoxy groups -OCH3 is 1. The van der Waals surface area contributed by atoms with E-state index in [0.717, 1.165) is 28.4 Å². The predicted octanol–water partition coefficient (Wildman–Crippen LogP) is 4.48. The minimum atomic E-state index is -0.595. The first kappa shape index (κ1) is 21.6. The second kappa shape index (κ2) is 10.0. The molecule has 2 atom stereocenters. The number of carbonyl (C=O) groups is 1. The Labute approximate surface area is 168 Å². The maximum atomic E-state index is 12.5. The van der Waals surface area contributed by atoms with E-state index in [1.807, 2.05) is 44.2 Å². The molecule has 5 heteroatoms. The Morgan fingerprint density at radius 1 is 1.00 bits per heavy atom. The summed E-state index contributed by atoms with van der Waals surface area (Å²) >= 11 is 0. The van der Waals surface area contributed by atoms with Gasteiger partial charge in [0.05, 0.1) is 13.2 Å². The normalized spacial score (nSPS) is 13.0. The van der Waals surface area contributed by atoms with Crippen molar-refractivity contribution in [1.82, 2.24) is 5.32 Å². The highest BCUT2D eigenvalue weighted by atomic mass is 16.5. The topological polar surface area (TPSA) is 56.8 Å². The Kier molecular flexibility index (Phi) is 7.73. The fourth-order valence-electron chi connectivity index (χ4n) is 2.76. The summed E-state index contributed by atoms with van der Waals surface area (Å²) in [6.07, 6.45) is -0.595. The number of ether oxygens (including phenoxy) is 3. The number of aryl methyl sites for hydroxylation is 1. The van der Waals surface area contributed by atoms with Gasteiger partial charge in [0.25, 0.3) is 5.91 Å². The van der Waals surface area contributed by atoms with Gasteiger partial charge in [-0.05, 0) is 68.1 Å². The molecule has 0 radical (unpaired) electrons. The van der Waals surface area contributed by atoms with Gasteiger partial charge < -0.3 is 19.5 Å². The minimum Gasteiger partial charge on any atom is -0.497 e. The van der Waals surface area contributed by atoms with Crippen LogP contribution in [0.4, 0.5) is 0 Å². The molecule has 0 fully saturated rings. The third kappa shape index (κ3) is 6.19. The number of rotatable bonds is 9. The fourth-order valence-corrected chi connectivity index (χ4v) is 2.76. The van der Waals surface area contributed by atoms with Crippen LogP contribution in [0.2, 0.25) is 0 Å². The number of carbonyl (C=O) groups excluding carboxylic acids is 1. The van der Waals surface area contributed by atoms with E-state index >= 15 is 0 Å². The molecule has 1 N–H and O–H groups in total. The number of hydrogen-bond donors (Lipinski definition) is 1. The fraction of sp³-hybridized carbons (Fsp3) is 0.435. The van der Waals surface area contributed by atoms with Crippen LogP contribution in [0.25, 0.3) is 0 Å². The van der Waals surface area contributed by atoms with Crippen LogP contribution >= 0.6 is 0 Å². The molecule has 2 rings (SSSR count). The van der Waals surface area contributed by atoms with Crippen molar-refractivity contribution in [2.24, 2.45) is 0 Å². The molecule has 0 bridgehead atoms. The smallest absolute Gasteiger partial charge is 0.261 e. The molecule has 152 valence electrons. The molecule has 0 saturated heterocycles. The SMILES string of the molecule is COc1ccc(OC[C@@H](C)NC(=O)[C@H](C)Oc2cc(C)ccc2C(C)C)cc1. The van der Waals surface area contributed by atoms with Crippen molar-refractivity contribution in [2.45, 2.75) is 52.7 Å². The van der Waals surface area contributed by atoms with Gasteiger partial charge >= 0.3 is 0 Å². The molecule has 0 spiro atoms. The van der Waals surface area contributed by atoms with Gasteiger partial charge in [-0.3, -0.25) is 4.79 Å². The molecule has 0 heterocycles. The first-order chi connectivity index (χ1) is 13.3. The minimum absolute atomic E-state index is 0.150. The zero-order valence-electron chi connectivity index (χ0n) is 17.6. The standard InChI is InChI=1S/C23H31NO4/c1-15(2)21-12-7-16(3)13-22(21)28-18(5)23(25)24-17(4)14-27-20-10-8-19(26-6)9-11-20/h7-13,15,17-18H,14H2,1-6H3,(H,24,25)/t17-,18+/m1/s1. The molecule has 0 saturated carbocycles. The molecule has 2 aromatic rings. The Bertz CT molecular complexity index is 771. The molecule has 0 aromatic heterocycles. The van der Waals surface area contributed by atoms with Gasteiger partial charge in [0.2, 0.25) is 0 Å². The molecular weight excluding hydrogens is 354 g/mol. The van der Waals surface area contributed by atoms with Gasteiger partial charge in [-0.1, -0.05) is 26.0 Å². The molecule has 5 nitrogen and oxygen atoms in total.